The molecule has 2 aliphatic heterocycles. The van der Waals surface area contributed by atoms with Crippen molar-refractivity contribution in [3.05, 3.63) is 52.5 Å². The average Bonchev–Trinajstić information content (AvgIpc) is 2.70. The number of piperidine rings is 1. The molecule has 2 aromatic rings. The van der Waals surface area contributed by atoms with Crippen LogP contribution in [0.2, 0.25) is 0 Å². The van der Waals surface area contributed by atoms with Crippen LogP contribution in [-0.4, -0.2) is 41.1 Å². The predicted molar refractivity (Wildman–Crippen MR) is 110 cm³/mol. The minimum absolute atomic E-state index is 0.350. The summed E-state index contributed by atoms with van der Waals surface area (Å²) in [7, 11) is 0. The van der Waals surface area contributed by atoms with E-state index in [9.17, 15) is 23.1 Å². The van der Waals surface area contributed by atoms with Crippen molar-refractivity contribution in [2.75, 3.05) is 18.4 Å². The zero-order valence-corrected chi connectivity index (χ0v) is 17.9. The van der Waals surface area contributed by atoms with Gasteiger partial charge in [-0.15, -0.1) is 13.2 Å². The summed E-state index contributed by atoms with van der Waals surface area (Å²) in [6.45, 7) is 0.848. The number of carbonyl (C=O) groups is 1. The topological polar surface area (TPSA) is 71.0 Å². The normalized spacial score (nSPS) is 20.0. The summed E-state index contributed by atoms with van der Waals surface area (Å²) < 4.78 is 47.6. The van der Waals surface area contributed by atoms with Gasteiger partial charge in [-0.1, -0.05) is 12.1 Å². The summed E-state index contributed by atoms with van der Waals surface area (Å²) >= 11 is 3.47. The monoisotopic (exact) mass is 500 g/mol. The van der Waals surface area contributed by atoms with E-state index in [0.717, 1.165) is 22.2 Å². The van der Waals surface area contributed by atoms with Crippen LogP contribution in [0.4, 0.5) is 23.7 Å². The fourth-order valence-corrected chi connectivity index (χ4v) is 4.44. The maximum absolute atomic E-state index is 12.6. The first-order valence-corrected chi connectivity index (χ1v) is 10.5. The molecule has 2 amide bonds. The third kappa shape index (κ3) is 4.90. The predicted octanol–water partition coefficient (Wildman–Crippen LogP) is 5.23. The molecular weight excluding hydrogens is 481 g/mol. The fraction of sp³-hybridized carbons (Fsp3) is 0.381. The molecule has 2 aromatic carbocycles. The molecule has 6 nitrogen and oxygen atoms in total. The maximum Gasteiger partial charge on any atom is 0.573 e. The van der Waals surface area contributed by atoms with E-state index in [4.69, 9.17) is 4.74 Å². The van der Waals surface area contributed by atoms with Gasteiger partial charge in [-0.2, -0.15) is 0 Å². The Morgan fingerprint density at radius 2 is 1.87 bits per heavy atom. The number of carbonyl (C=O) groups excluding carboxylic acids is 1. The van der Waals surface area contributed by atoms with Gasteiger partial charge in [-0.05, 0) is 46.3 Å². The molecule has 4 rings (SSSR count). The molecule has 0 unspecified atom stereocenters. The average molecular weight is 501 g/mol. The van der Waals surface area contributed by atoms with Gasteiger partial charge in [-0.3, -0.25) is 0 Å². The lowest BCUT2D eigenvalue weighted by Crippen LogP contribution is -2.52. The van der Waals surface area contributed by atoms with Crippen LogP contribution in [0.1, 0.15) is 30.9 Å². The number of fused-ring (bicyclic) bond motifs is 1. The Balaban J connectivity index is 1.36. The Bertz CT molecular complexity index is 960. The van der Waals surface area contributed by atoms with E-state index < -0.39 is 18.1 Å². The van der Waals surface area contributed by atoms with Crippen molar-refractivity contribution < 1.29 is 32.5 Å². The smallest absolute Gasteiger partial charge is 0.485 e. The molecular formula is C21H20BrF3N2O4. The number of aliphatic hydroxyl groups is 1. The second-order valence-electron chi connectivity index (χ2n) is 7.65. The number of nitrogens with one attached hydrogen (secondary N) is 1. The molecule has 0 aliphatic carbocycles. The number of benzene rings is 2. The third-order valence-corrected chi connectivity index (χ3v) is 6.17. The molecule has 0 aromatic heterocycles. The van der Waals surface area contributed by atoms with Gasteiger partial charge >= 0.3 is 12.4 Å². The quantitative estimate of drug-likeness (QED) is 0.592. The van der Waals surface area contributed by atoms with Gasteiger partial charge in [0.15, 0.2) is 0 Å². The molecule has 0 radical (unpaired) electrons. The molecule has 31 heavy (non-hydrogen) atoms. The lowest BCUT2D eigenvalue weighted by molar-refractivity contribution is -0.274. The number of alkyl halides is 3. The second-order valence-corrected chi connectivity index (χ2v) is 8.51. The number of nitrogens with zero attached hydrogens (tertiary/aromatic N) is 1. The van der Waals surface area contributed by atoms with Crippen molar-refractivity contribution in [3.8, 4) is 11.5 Å². The largest absolute Gasteiger partial charge is 0.573 e. The third-order valence-electron chi connectivity index (χ3n) is 5.54. The van der Waals surface area contributed by atoms with Gasteiger partial charge in [0, 0.05) is 43.6 Å². The molecule has 1 fully saturated rings. The number of anilines is 1. The van der Waals surface area contributed by atoms with Crippen LogP contribution in [0, 0.1) is 0 Å². The number of hydrogen-bond donors (Lipinski definition) is 2. The number of ether oxygens (including phenoxy) is 2. The summed E-state index contributed by atoms with van der Waals surface area (Å²) in [5.41, 5.74) is 0.559. The van der Waals surface area contributed by atoms with Gasteiger partial charge < -0.3 is 24.8 Å². The van der Waals surface area contributed by atoms with Gasteiger partial charge in [0.1, 0.15) is 17.1 Å². The minimum atomic E-state index is -4.76. The summed E-state index contributed by atoms with van der Waals surface area (Å²) in [6, 6.07) is 10.2. The molecule has 1 atom stereocenters. The number of aliphatic hydroxyl groups excluding tert-OH is 1. The number of halogens is 4. The molecule has 2 aliphatic rings. The first kappa shape index (κ1) is 21.8. The highest BCUT2D eigenvalue weighted by molar-refractivity contribution is 9.10. The highest BCUT2D eigenvalue weighted by atomic mass is 79.9. The molecule has 0 bridgehead atoms. The lowest BCUT2D eigenvalue weighted by Gasteiger charge is -2.46. The van der Waals surface area contributed by atoms with Gasteiger partial charge in [-0.25, -0.2) is 4.79 Å². The molecule has 10 heteroatoms. The highest BCUT2D eigenvalue weighted by Crippen LogP contribution is 2.47. The van der Waals surface area contributed by atoms with E-state index in [-0.39, 0.29) is 11.8 Å². The number of urea groups is 1. The standard InChI is InChI=1S/C21H20BrF3N2O4/c22-16-3-1-2-15-17(28)12-20(31-18(15)16)8-10-27(11-9-20)19(29)26-13-4-6-14(7-5-13)30-21(23,24)25/h1-7,17,28H,8-12H2,(H,26,29)/t17-/m1/s1. The van der Waals surface area contributed by atoms with E-state index in [0.29, 0.717) is 43.8 Å². The van der Waals surface area contributed by atoms with E-state index in [1.165, 1.54) is 12.1 Å². The lowest BCUT2D eigenvalue weighted by atomic mass is 9.82. The zero-order chi connectivity index (χ0) is 22.2. The first-order valence-electron chi connectivity index (χ1n) is 9.71. The highest BCUT2D eigenvalue weighted by Gasteiger charge is 2.44. The van der Waals surface area contributed by atoms with Gasteiger partial charge in [0.05, 0.1) is 10.6 Å². The molecule has 2 heterocycles. The first-order chi connectivity index (χ1) is 14.6. The number of hydrogen-bond acceptors (Lipinski definition) is 4. The van der Waals surface area contributed by atoms with E-state index in [1.807, 2.05) is 18.2 Å². The molecule has 0 saturated carbocycles. The minimum Gasteiger partial charge on any atom is -0.485 e. The summed E-state index contributed by atoms with van der Waals surface area (Å²) in [4.78, 5) is 14.2. The fourth-order valence-electron chi connectivity index (χ4n) is 3.98. The maximum atomic E-state index is 12.6. The van der Waals surface area contributed by atoms with Crippen molar-refractivity contribution in [2.24, 2.45) is 0 Å². The van der Waals surface area contributed by atoms with E-state index in [1.54, 1.807) is 4.90 Å². The van der Waals surface area contributed by atoms with E-state index >= 15 is 0 Å². The summed E-state index contributed by atoms with van der Waals surface area (Å²) in [5.74, 6) is 0.283. The van der Waals surface area contributed by atoms with Crippen LogP contribution in [0.3, 0.4) is 0 Å². The number of likely N-dealkylation sites (tertiary alicyclic amines) is 1. The van der Waals surface area contributed by atoms with Crippen molar-refractivity contribution in [1.82, 2.24) is 4.90 Å². The van der Waals surface area contributed by atoms with Crippen LogP contribution in [0.15, 0.2) is 46.9 Å². The number of rotatable bonds is 2. The summed E-state index contributed by atoms with van der Waals surface area (Å²) in [6.07, 6.45) is -3.85. The Kier molecular flexibility index (Phi) is 5.78. The Labute approximate surface area is 185 Å². The van der Waals surface area contributed by atoms with Crippen molar-refractivity contribution in [3.63, 3.8) is 0 Å². The van der Waals surface area contributed by atoms with Crippen LogP contribution < -0.4 is 14.8 Å². The SMILES string of the molecule is O=C(Nc1ccc(OC(F)(F)F)cc1)N1CCC2(CC1)C[C@@H](O)c1cccc(Br)c1O2. The van der Waals surface area contributed by atoms with Crippen LogP contribution in [-0.2, 0) is 0 Å². The van der Waals surface area contributed by atoms with Crippen molar-refractivity contribution in [1.29, 1.82) is 0 Å². The van der Waals surface area contributed by atoms with Crippen LogP contribution in [0.5, 0.6) is 11.5 Å². The van der Waals surface area contributed by atoms with Gasteiger partial charge in [0.25, 0.3) is 0 Å². The number of amides is 2. The second kappa shape index (κ2) is 8.23. The number of para-hydroxylation sites is 1. The van der Waals surface area contributed by atoms with E-state index in [2.05, 4.69) is 26.0 Å². The summed E-state index contributed by atoms with van der Waals surface area (Å²) in [5, 5.41) is 13.3. The van der Waals surface area contributed by atoms with Crippen LogP contribution in [0.25, 0.3) is 0 Å². The Morgan fingerprint density at radius 3 is 2.52 bits per heavy atom. The Hall–Kier alpha value is -2.46. The van der Waals surface area contributed by atoms with Gasteiger partial charge in [0.2, 0.25) is 0 Å². The van der Waals surface area contributed by atoms with Crippen LogP contribution >= 0.6 is 15.9 Å². The molecule has 166 valence electrons. The molecule has 1 spiro atoms. The Morgan fingerprint density at radius 1 is 1.19 bits per heavy atom. The van der Waals surface area contributed by atoms with Crippen molar-refractivity contribution in [2.45, 2.75) is 37.3 Å². The molecule has 1 saturated heterocycles. The zero-order valence-electron chi connectivity index (χ0n) is 16.3. The van der Waals surface area contributed by atoms with Crippen molar-refractivity contribution >= 4 is 27.6 Å². The molecule has 2 N–H and O–H groups in total.